The second kappa shape index (κ2) is 7.67. The monoisotopic (exact) mass is 292 g/mol. The zero-order chi connectivity index (χ0) is 16.0. The predicted octanol–water partition coefficient (Wildman–Crippen LogP) is 3.03. The second-order valence-corrected chi connectivity index (χ2v) is 5.23. The van der Waals surface area contributed by atoms with Crippen LogP contribution in [0.1, 0.15) is 32.8 Å². The minimum atomic E-state index is -1.00. The van der Waals surface area contributed by atoms with Gasteiger partial charge in [0.25, 0.3) is 0 Å². The summed E-state index contributed by atoms with van der Waals surface area (Å²) in [5, 5.41) is 11.9. The van der Waals surface area contributed by atoms with Crippen LogP contribution in [0.3, 0.4) is 0 Å². The number of carboxylic acid groups (broad SMARTS) is 1. The van der Waals surface area contributed by atoms with Crippen LogP contribution >= 0.6 is 0 Å². The van der Waals surface area contributed by atoms with Crippen molar-refractivity contribution in [3.8, 4) is 0 Å². The van der Waals surface area contributed by atoms with E-state index in [1.54, 1.807) is 4.90 Å². The molecular weight excluding hydrogens is 268 g/mol. The predicted molar refractivity (Wildman–Crippen MR) is 83.6 cm³/mol. The lowest BCUT2D eigenvalue weighted by molar-refractivity contribution is -0.140. The Bertz CT molecular complexity index is 502. The molecule has 2 amide bonds. The van der Waals surface area contributed by atoms with Gasteiger partial charge in [0, 0.05) is 12.2 Å². The standard InChI is InChI=1S/C16H24N2O3/c1-5-12(4)14(15(19)20)17-16(21)18(6-2)13-9-7-8-11(3)10-13/h7-10,12,14H,5-6H2,1-4H3,(H,17,21)(H,19,20)/t12?,14-/m0/s1. The maximum Gasteiger partial charge on any atom is 0.326 e. The van der Waals surface area contributed by atoms with Gasteiger partial charge in [0.05, 0.1) is 0 Å². The first-order valence-corrected chi connectivity index (χ1v) is 7.28. The van der Waals surface area contributed by atoms with E-state index in [9.17, 15) is 14.7 Å². The molecule has 1 aromatic carbocycles. The number of carbonyl (C=O) groups is 2. The first-order valence-electron chi connectivity index (χ1n) is 7.28. The van der Waals surface area contributed by atoms with Crippen LogP contribution in [0.2, 0.25) is 0 Å². The number of hydrogen-bond donors (Lipinski definition) is 2. The summed E-state index contributed by atoms with van der Waals surface area (Å²) in [4.78, 5) is 25.2. The lowest BCUT2D eigenvalue weighted by Crippen LogP contribution is -2.50. The number of nitrogens with zero attached hydrogens (tertiary/aromatic N) is 1. The van der Waals surface area contributed by atoms with E-state index in [1.165, 1.54) is 0 Å². The van der Waals surface area contributed by atoms with E-state index in [4.69, 9.17) is 0 Å². The zero-order valence-electron chi connectivity index (χ0n) is 13.1. The van der Waals surface area contributed by atoms with Crippen molar-refractivity contribution in [2.45, 2.75) is 40.2 Å². The summed E-state index contributed by atoms with van der Waals surface area (Å²) >= 11 is 0. The molecule has 1 rings (SSSR count). The third-order valence-corrected chi connectivity index (χ3v) is 3.63. The highest BCUT2D eigenvalue weighted by Gasteiger charge is 2.27. The van der Waals surface area contributed by atoms with E-state index < -0.39 is 12.0 Å². The lowest BCUT2D eigenvalue weighted by atomic mass is 9.99. The second-order valence-electron chi connectivity index (χ2n) is 5.23. The Morgan fingerprint density at radius 2 is 2.00 bits per heavy atom. The number of carboxylic acids is 1. The van der Waals surface area contributed by atoms with Crippen LogP contribution in [0.25, 0.3) is 0 Å². The topological polar surface area (TPSA) is 69.6 Å². The SMILES string of the molecule is CCC(C)[C@H](NC(=O)N(CC)c1cccc(C)c1)C(=O)O. The molecule has 0 radical (unpaired) electrons. The van der Waals surface area contributed by atoms with Gasteiger partial charge in [-0.25, -0.2) is 9.59 Å². The average molecular weight is 292 g/mol. The normalized spacial score (nSPS) is 13.3. The molecule has 5 nitrogen and oxygen atoms in total. The molecule has 0 aliphatic rings. The van der Waals surface area contributed by atoms with Crippen molar-refractivity contribution in [3.05, 3.63) is 29.8 Å². The highest BCUT2D eigenvalue weighted by atomic mass is 16.4. The van der Waals surface area contributed by atoms with Crippen LogP contribution in [0.5, 0.6) is 0 Å². The van der Waals surface area contributed by atoms with Gasteiger partial charge in [-0.2, -0.15) is 0 Å². The summed E-state index contributed by atoms with van der Waals surface area (Å²) in [6.45, 7) is 8.02. The summed E-state index contributed by atoms with van der Waals surface area (Å²) in [6.07, 6.45) is 0.688. The molecule has 1 unspecified atom stereocenters. The van der Waals surface area contributed by atoms with E-state index in [0.29, 0.717) is 13.0 Å². The molecule has 0 aromatic heterocycles. The zero-order valence-corrected chi connectivity index (χ0v) is 13.1. The highest BCUT2D eigenvalue weighted by molar-refractivity contribution is 5.94. The molecule has 0 heterocycles. The molecule has 1 aromatic rings. The van der Waals surface area contributed by atoms with Crippen LogP contribution in [0.15, 0.2) is 24.3 Å². The van der Waals surface area contributed by atoms with Gasteiger partial charge in [0.15, 0.2) is 0 Å². The van der Waals surface area contributed by atoms with Crippen molar-refractivity contribution in [1.29, 1.82) is 0 Å². The maximum atomic E-state index is 12.4. The van der Waals surface area contributed by atoms with Crippen molar-refractivity contribution < 1.29 is 14.7 Å². The van der Waals surface area contributed by atoms with Crippen LogP contribution in [-0.2, 0) is 4.79 Å². The number of amides is 2. The van der Waals surface area contributed by atoms with Crippen LogP contribution in [-0.4, -0.2) is 29.7 Å². The smallest absolute Gasteiger partial charge is 0.326 e. The van der Waals surface area contributed by atoms with Crippen LogP contribution in [0.4, 0.5) is 10.5 Å². The van der Waals surface area contributed by atoms with Gasteiger partial charge in [0.2, 0.25) is 0 Å². The Hall–Kier alpha value is -2.04. The Balaban J connectivity index is 2.91. The van der Waals surface area contributed by atoms with Crippen molar-refractivity contribution >= 4 is 17.7 Å². The highest BCUT2D eigenvalue weighted by Crippen LogP contribution is 2.17. The molecule has 5 heteroatoms. The number of anilines is 1. The van der Waals surface area contributed by atoms with Gasteiger partial charge in [-0.1, -0.05) is 32.4 Å². The van der Waals surface area contributed by atoms with Crippen molar-refractivity contribution in [2.24, 2.45) is 5.92 Å². The summed E-state index contributed by atoms with van der Waals surface area (Å²) in [5.41, 5.74) is 1.82. The fraction of sp³-hybridized carbons (Fsp3) is 0.500. The summed E-state index contributed by atoms with van der Waals surface area (Å²) in [6, 6.07) is 6.33. The first kappa shape index (κ1) is 17.0. The number of urea groups is 1. The summed E-state index contributed by atoms with van der Waals surface area (Å²) in [7, 11) is 0. The largest absolute Gasteiger partial charge is 0.480 e. The maximum absolute atomic E-state index is 12.4. The quantitative estimate of drug-likeness (QED) is 0.846. The number of carbonyl (C=O) groups excluding carboxylic acids is 1. The molecular formula is C16H24N2O3. The molecule has 0 bridgehead atoms. The number of hydrogen-bond acceptors (Lipinski definition) is 2. The fourth-order valence-electron chi connectivity index (χ4n) is 2.13. The van der Waals surface area contributed by atoms with Crippen molar-refractivity contribution in [3.63, 3.8) is 0 Å². The Labute approximate surface area is 126 Å². The third-order valence-electron chi connectivity index (χ3n) is 3.63. The van der Waals surface area contributed by atoms with E-state index in [2.05, 4.69) is 5.32 Å². The van der Waals surface area contributed by atoms with Gasteiger partial charge < -0.3 is 10.4 Å². The first-order chi connectivity index (χ1) is 9.90. The Morgan fingerprint density at radius 3 is 2.48 bits per heavy atom. The van der Waals surface area contributed by atoms with Crippen LogP contribution < -0.4 is 10.2 Å². The molecule has 0 saturated carbocycles. The van der Waals surface area contributed by atoms with E-state index in [1.807, 2.05) is 52.0 Å². The van der Waals surface area contributed by atoms with Gasteiger partial charge in [-0.15, -0.1) is 0 Å². The van der Waals surface area contributed by atoms with Gasteiger partial charge >= 0.3 is 12.0 Å². The fourth-order valence-corrected chi connectivity index (χ4v) is 2.13. The summed E-state index contributed by atoms with van der Waals surface area (Å²) in [5.74, 6) is -1.12. The minimum Gasteiger partial charge on any atom is -0.480 e. The molecule has 0 aliphatic heterocycles. The molecule has 0 fully saturated rings. The molecule has 2 N–H and O–H groups in total. The number of aliphatic carboxylic acids is 1. The van der Waals surface area contributed by atoms with Gasteiger partial charge in [-0.3, -0.25) is 4.90 Å². The number of aryl methyl sites for hydroxylation is 1. The van der Waals surface area contributed by atoms with Gasteiger partial charge in [0.1, 0.15) is 6.04 Å². The van der Waals surface area contributed by atoms with E-state index in [-0.39, 0.29) is 11.9 Å². The third kappa shape index (κ3) is 4.48. The number of rotatable bonds is 6. The summed E-state index contributed by atoms with van der Waals surface area (Å²) < 4.78 is 0. The lowest BCUT2D eigenvalue weighted by Gasteiger charge is -2.26. The molecule has 116 valence electrons. The molecule has 0 aliphatic carbocycles. The molecule has 0 spiro atoms. The number of benzene rings is 1. The average Bonchev–Trinajstić information content (AvgIpc) is 2.44. The van der Waals surface area contributed by atoms with Crippen molar-refractivity contribution in [2.75, 3.05) is 11.4 Å². The molecule has 0 saturated heterocycles. The minimum absolute atomic E-state index is 0.123. The Kier molecular flexibility index (Phi) is 6.21. The van der Waals surface area contributed by atoms with Crippen molar-refractivity contribution in [1.82, 2.24) is 5.32 Å². The van der Waals surface area contributed by atoms with E-state index >= 15 is 0 Å². The number of nitrogens with one attached hydrogen (secondary N) is 1. The molecule has 2 atom stereocenters. The van der Waals surface area contributed by atoms with E-state index in [0.717, 1.165) is 11.3 Å². The van der Waals surface area contributed by atoms with Gasteiger partial charge in [-0.05, 0) is 37.5 Å². The van der Waals surface area contributed by atoms with Crippen LogP contribution in [0, 0.1) is 12.8 Å². The Morgan fingerprint density at radius 1 is 1.33 bits per heavy atom. The molecule has 21 heavy (non-hydrogen) atoms.